The first-order valence-corrected chi connectivity index (χ1v) is 9.55. The SMILES string of the molecule is CNc1c(C(=O)c2ccc(C)cc2)nn(-c2ccc(Cl)cc2)c1NCCCN. The zero-order valence-corrected chi connectivity index (χ0v) is 16.8. The average Bonchev–Trinajstić information content (AvgIpc) is 3.07. The number of benzene rings is 2. The van der Waals surface area contributed by atoms with Gasteiger partial charge in [0.25, 0.3) is 0 Å². The van der Waals surface area contributed by atoms with E-state index in [9.17, 15) is 4.79 Å². The van der Waals surface area contributed by atoms with E-state index in [-0.39, 0.29) is 5.78 Å². The molecule has 2 aromatic carbocycles. The number of rotatable bonds is 8. The van der Waals surface area contributed by atoms with Gasteiger partial charge in [-0.15, -0.1) is 0 Å². The second-order valence-electron chi connectivity index (χ2n) is 6.47. The molecule has 0 aliphatic heterocycles. The number of aromatic nitrogens is 2. The molecular weight excluding hydrogens is 374 g/mol. The van der Waals surface area contributed by atoms with Crippen LogP contribution in [-0.4, -0.2) is 35.7 Å². The fraction of sp³-hybridized carbons (Fsp3) is 0.238. The highest BCUT2D eigenvalue weighted by Crippen LogP contribution is 2.31. The molecule has 0 fully saturated rings. The van der Waals surface area contributed by atoms with Crippen LogP contribution in [0.2, 0.25) is 5.02 Å². The molecule has 0 radical (unpaired) electrons. The third kappa shape index (κ3) is 4.18. The monoisotopic (exact) mass is 397 g/mol. The van der Waals surface area contributed by atoms with Crippen molar-refractivity contribution in [2.45, 2.75) is 13.3 Å². The number of hydrogen-bond donors (Lipinski definition) is 3. The Kier molecular flexibility index (Phi) is 6.34. The largest absolute Gasteiger partial charge is 0.383 e. The van der Waals surface area contributed by atoms with E-state index < -0.39 is 0 Å². The van der Waals surface area contributed by atoms with Crippen LogP contribution in [0.5, 0.6) is 0 Å². The first kappa shape index (κ1) is 19.9. The molecule has 1 aromatic heterocycles. The molecule has 0 saturated carbocycles. The summed E-state index contributed by atoms with van der Waals surface area (Å²) in [6.07, 6.45) is 0.802. The van der Waals surface area contributed by atoms with Gasteiger partial charge in [0.15, 0.2) is 11.5 Å². The summed E-state index contributed by atoms with van der Waals surface area (Å²) in [5, 5.41) is 11.7. The minimum atomic E-state index is -0.140. The predicted octanol–water partition coefficient (Wildman–Crippen LogP) is 3.87. The Morgan fingerprint density at radius 3 is 2.43 bits per heavy atom. The Hall–Kier alpha value is -2.83. The van der Waals surface area contributed by atoms with Gasteiger partial charge in [-0.2, -0.15) is 5.10 Å². The first-order chi connectivity index (χ1) is 13.5. The molecule has 146 valence electrons. The van der Waals surface area contributed by atoms with Crippen LogP contribution >= 0.6 is 11.6 Å². The molecule has 3 aromatic rings. The van der Waals surface area contributed by atoms with Gasteiger partial charge in [0.2, 0.25) is 5.78 Å². The van der Waals surface area contributed by atoms with Crippen LogP contribution < -0.4 is 16.4 Å². The van der Waals surface area contributed by atoms with Crippen LogP contribution in [0.4, 0.5) is 11.5 Å². The van der Waals surface area contributed by atoms with E-state index in [2.05, 4.69) is 15.7 Å². The van der Waals surface area contributed by atoms with E-state index in [1.165, 1.54) is 0 Å². The Balaban J connectivity index is 2.09. The number of carbonyl (C=O) groups excluding carboxylic acids is 1. The van der Waals surface area contributed by atoms with Gasteiger partial charge in [-0.1, -0.05) is 41.4 Å². The molecule has 0 aliphatic carbocycles. The maximum absolute atomic E-state index is 13.1. The lowest BCUT2D eigenvalue weighted by Crippen LogP contribution is -2.12. The number of ketones is 1. The number of nitrogens with zero attached hydrogens (tertiary/aromatic N) is 2. The van der Waals surface area contributed by atoms with Gasteiger partial charge >= 0.3 is 0 Å². The van der Waals surface area contributed by atoms with E-state index in [1.807, 2.05) is 43.3 Å². The summed E-state index contributed by atoms with van der Waals surface area (Å²) < 4.78 is 1.72. The number of anilines is 2. The average molecular weight is 398 g/mol. The van der Waals surface area contributed by atoms with Crippen LogP contribution in [0.1, 0.15) is 28.0 Å². The summed E-state index contributed by atoms with van der Waals surface area (Å²) in [5.74, 6) is 0.577. The molecule has 3 rings (SSSR count). The molecule has 0 unspecified atom stereocenters. The lowest BCUT2D eigenvalue weighted by molar-refractivity contribution is 0.103. The molecule has 0 aliphatic rings. The smallest absolute Gasteiger partial charge is 0.215 e. The zero-order valence-electron chi connectivity index (χ0n) is 16.0. The summed E-state index contributed by atoms with van der Waals surface area (Å²) in [4.78, 5) is 13.1. The van der Waals surface area contributed by atoms with Crippen LogP contribution in [0, 0.1) is 6.92 Å². The third-order valence-electron chi connectivity index (χ3n) is 4.41. The molecule has 1 heterocycles. The second kappa shape index (κ2) is 8.91. The molecule has 0 atom stereocenters. The maximum atomic E-state index is 13.1. The minimum absolute atomic E-state index is 0.140. The van der Waals surface area contributed by atoms with Crippen molar-refractivity contribution >= 4 is 28.9 Å². The predicted molar refractivity (Wildman–Crippen MR) is 115 cm³/mol. The van der Waals surface area contributed by atoms with Crippen molar-refractivity contribution < 1.29 is 4.79 Å². The Morgan fingerprint density at radius 2 is 1.82 bits per heavy atom. The Bertz CT molecular complexity index is 948. The molecule has 0 saturated heterocycles. The number of halogens is 1. The number of hydrogen-bond acceptors (Lipinski definition) is 5. The van der Waals surface area contributed by atoms with E-state index >= 15 is 0 Å². The first-order valence-electron chi connectivity index (χ1n) is 9.17. The Morgan fingerprint density at radius 1 is 1.14 bits per heavy atom. The van der Waals surface area contributed by atoms with Crippen molar-refractivity contribution in [1.82, 2.24) is 9.78 Å². The van der Waals surface area contributed by atoms with Crippen LogP contribution in [-0.2, 0) is 0 Å². The highest BCUT2D eigenvalue weighted by molar-refractivity contribution is 6.30. The number of carbonyl (C=O) groups is 1. The molecule has 28 heavy (non-hydrogen) atoms. The molecule has 0 amide bonds. The van der Waals surface area contributed by atoms with Gasteiger partial charge in [0.05, 0.1) is 5.69 Å². The molecule has 0 spiro atoms. The standard InChI is InChI=1S/C21H24ClN5O/c1-14-4-6-15(7-5-14)20(28)18-19(24-2)21(25-13-3-12-23)27(26-18)17-10-8-16(22)9-11-17/h4-11,24-25H,3,12-13,23H2,1-2H3. The lowest BCUT2D eigenvalue weighted by Gasteiger charge is -2.11. The van der Waals surface area contributed by atoms with Crippen molar-refractivity contribution in [1.29, 1.82) is 0 Å². The van der Waals surface area contributed by atoms with E-state index in [1.54, 1.807) is 23.9 Å². The minimum Gasteiger partial charge on any atom is -0.383 e. The zero-order chi connectivity index (χ0) is 20.1. The summed E-state index contributed by atoms with van der Waals surface area (Å²) >= 11 is 6.02. The number of nitrogens with one attached hydrogen (secondary N) is 2. The molecule has 7 heteroatoms. The normalized spacial score (nSPS) is 10.7. The molecule has 4 N–H and O–H groups in total. The van der Waals surface area contributed by atoms with Gasteiger partial charge < -0.3 is 16.4 Å². The van der Waals surface area contributed by atoms with Crippen LogP contribution in [0.15, 0.2) is 48.5 Å². The molecular formula is C21H24ClN5O. The van der Waals surface area contributed by atoms with Crippen molar-refractivity contribution in [2.24, 2.45) is 5.73 Å². The van der Waals surface area contributed by atoms with E-state index in [0.717, 1.165) is 17.7 Å². The van der Waals surface area contributed by atoms with Gasteiger partial charge in [0, 0.05) is 24.2 Å². The topological polar surface area (TPSA) is 85.0 Å². The second-order valence-corrected chi connectivity index (χ2v) is 6.91. The van der Waals surface area contributed by atoms with Gasteiger partial charge in [-0.05, 0) is 44.2 Å². The van der Waals surface area contributed by atoms with Crippen molar-refractivity contribution in [3.05, 3.63) is 70.4 Å². The fourth-order valence-electron chi connectivity index (χ4n) is 2.90. The van der Waals surface area contributed by atoms with Crippen molar-refractivity contribution in [3.8, 4) is 5.69 Å². The third-order valence-corrected chi connectivity index (χ3v) is 4.66. The van der Waals surface area contributed by atoms with Crippen LogP contribution in [0.25, 0.3) is 5.69 Å². The summed E-state index contributed by atoms with van der Waals surface area (Å²) in [7, 11) is 1.78. The van der Waals surface area contributed by atoms with Gasteiger partial charge in [0.1, 0.15) is 5.69 Å². The van der Waals surface area contributed by atoms with Crippen LogP contribution in [0.3, 0.4) is 0 Å². The highest BCUT2D eigenvalue weighted by atomic mass is 35.5. The number of aryl methyl sites for hydroxylation is 1. The number of nitrogens with two attached hydrogens (primary N) is 1. The summed E-state index contributed by atoms with van der Waals surface area (Å²) in [6.45, 7) is 3.23. The maximum Gasteiger partial charge on any atom is 0.215 e. The van der Waals surface area contributed by atoms with Gasteiger partial charge in [-0.3, -0.25) is 4.79 Å². The lowest BCUT2D eigenvalue weighted by atomic mass is 10.1. The summed E-state index contributed by atoms with van der Waals surface area (Å²) in [5.41, 5.74) is 9.13. The molecule has 0 bridgehead atoms. The molecule has 6 nitrogen and oxygen atoms in total. The van der Waals surface area contributed by atoms with Gasteiger partial charge in [-0.25, -0.2) is 4.68 Å². The van der Waals surface area contributed by atoms with Crippen molar-refractivity contribution in [2.75, 3.05) is 30.8 Å². The highest BCUT2D eigenvalue weighted by Gasteiger charge is 2.24. The fourth-order valence-corrected chi connectivity index (χ4v) is 3.02. The Labute approximate surface area is 169 Å². The summed E-state index contributed by atoms with van der Waals surface area (Å²) in [6, 6.07) is 14.8. The van der Waals surface area contributed by atoms with E-state index in [0.29, 0.717) is 40.9 Å². The quantitative estimate of drug-likeness (QED) is 0.397. The van der Waals surface area contributed by atoms with Crippen molar-refractivity contribution in [3.63, 3.8) is 0 Å². The van der Waals surface area contributed by atoms with E-state index in [4.69, 9.17) is 17.3 Å².